The van der Waals surface area contributed by atoms with Crippen molar-refractivity contribution in [1.82, 2.24) is 10.6 Å². The minimum Gasteiger partial charge on any atom is -0.493 e. The fraction of sp³-hybridized carbons (Fsp3) is 0.214. The van der Waals surface area contributed by atoms with Crippen molar-refractivity contribution in [2.45, 2.75) is 32.6 Å². The van der Waals surface area contributed by atoms with Gasteiger partial charge in [-0.2, -0.15) is 0 Å². The molecule has 0 aliphatic carbocycles. The van der Waals surface area contributed by atoms with Crippen molar-refractivity contribution in [1.29, 1.82) is 0 Å². The third-order valence-electron chi connectivity index (χ3n) is 5.46. The maximum absolute atomic E-state index is 13.3. The quantitative estimate of drug-likeness (QED) is 0.451. The van der Waals surface area contributed by atoms with Crippen LogP contribution in [0.15, 0.2) is 84.4 Å². The third kappa shape index (κ3) is 5.63. The van der Waals surface area contributed by atoms with Crippen molar-refractivity contribution < 1.29 is 23.8 Å². The first-order valence-electron chi connectivity index (χ1n) is 11.4. The maximum Gasteiger partial charge on any atom is 0.338 e. The lowest BCUT2D eigenvalue weighted by atomic mass is 9.92. The van der Waals surface area contributed by atoms with Gasteiger partial charge >= 0.3 is 12.0 Å². The Morgan fingerprint density at radius 3 is 2.29 bits per heavy atom. The summed E-state index contributed by atoms with van der Waals surface area (Å²) >= 11 is 0. The van der Waals surface area contributed by atoms with Crippen LogP contribution in [0.1, 0.15) is 36.6 Å². The van der Waals surface area contributed by atoms with Crippen LogP contribution in [-0.2, 0) is 16.1 Å². The monoisotopic (exact) mass is 472 g/mol. The number of benzene rings is 3. The van der Waals surface area contributed by atoms with E-state index in [-0.39, 0.29) is 6.10 Å². The lowest BCUT2D eigenvalue weighted by Crippen LogP contribution is -2.45. The highest BCUT2D eigenvalue weighted by Crippen LogP contribution is 2.37. The summed E-state index contributed by atoms with van der Waals surface area (Å²) in [5.41, 5.74) is 3.09. The minimum atomic E-state index is -0.754. The molecule has 4 rings (SSSR count). The standard InChI is InChI=1S/C28H28N2O5/c1-18(2)35-27(31)24-25(20-12-8-5-9-13-20)29-28(32)30-26(24)21-14-15-22(33-3)23(16-21)34-17-19-10-6-4-7-11-19/h4-16,18,26H,17H2,1-3H3,(H2,29,30,32). The van der Waals surface area contributed by atoms with Gasteiger partial charge in [-0.05, 0) is 42.7 Å². The van der Waals surface area contributed by atoms with Gasteiger partial charge in [0.25, 0.3) is 0 Å². The van der Waals surface area contributed by atoms with Gasteiger partial charge in [0, 0.05) is 0 Å². The second-order valence-electron chi connectivity index (χ2n) is 8.32. The van der Waals surface area contributed by atoms with E-state index in [9.17, 15) is 9.59 Å². The van der Waals surface area contributed by atoms with Crippen molar-refractivity contribution in [3.63, 3.8) is 0 Å². The first kappa shape index (κ1) is 23.9. The molecule has 0 aromatic heterocycles. The fourth-order valence-corrected chi connectivity index (χ4v) is 3.87. The Labute approximate surface area is 204 Å². The summed E-state index contributed by atoms with van der Waals surface area (Å²) < 4.78 is 17.1. The number of urea groups is 1. The molecule has 2 N–H and O–H groups in total. The number of nitrogens with one attached hydrogen (secondary N) is 2. The van der Waals surface area contributed by atoms with Crippen LogP contribution in [0, 0.1) is 0 Å². The SMILES string of the molecule is COc1ccc(C2NC(=O)NC(c3ccccc3)=C2C(=O)OC(C)C)cc1OCc1ccccc1. The molecular weight excluding hydrogens is 444 g/mol. The summed E-state index contributed by atoms with van der Waals surface area (Å²) in [6, 6.07) is 23.2. The molecule has 1 aliphatic heterocycles. The Morgan fingerprint density at radius 2 is 1.63 bits per heavy atom. The van der Waals surface area contributed by atoms with Crippen LogP contribution < -0.4 is 20.1 Å². The van der Waals surface area contributed by atoms with E-state index in [0.717, 1.165) is 5.56 Å². The molecule has 3 aromatic carbocycles. The van der Waals surface area contributed by atoms with E-state index < -0.39 is 18.0 Å². The van der Waals surface area contributed by atoms with Crippen molar-refractivity contribution in [2.75, 3.05) is 7.11 Å². The Hall–Kier alpha value is -4.26. The fourth-order valence-electron chi connectivity index (χ4n) is 3.87. The summed E-state index contributed by atoms with van der Waals surface area (Å²) in [5, 5.41) is 5.66. The minimum absolute atomic E-state index is 0.309. The molecule has 35 heavy (non-hydrogen) atoms. The topological polar surface area (TPSA) is 85.9 Å². The van der Waals surface area contributed by atoms with E-state index >= 15 is 0 Å². The molecule has 7 heteroatoms. The zero-order chi connectivity index (χ0) is 24.8. The van der Waals surface area contributed by atoms with Gasteiger partial charge < -0.3 is 24.8 Å². The van der Waals surface area contributed by atoms with Crippen molar-refractivity contribution in [2.24, 2.45) is 0 Å². The number of rotatable bonds is 8. The highest BCUT2D eigenvalue weighted by atomic mass is 16.5. The van der Waals surface area contributed by atoms with E-state index in [0.29, 0.717) is 40.5 Å². The van der Waals surface area contributed by atoms with Gasteiger partial charge in [-0.1, -0.05) is 66.7 Å². The molecule has 3 aromatic rings. The van der Waals surface area contributed by atoms with Gasteiger partial charge in [0.2, 0.25) is 0 Å². The largest absolute Gasteiger partial charge is 0.493 e. The molecule has 2 amide bonds. The molecule has 180 valence electrons. The summed E-state index contributed by atoms with van der Waals surface area (Å²) in [6.45, 7) is 3.91. The molecule has 0 spiro atoms. The van der Waals surface area contributed by atoms with E-state index in [1.807, 2.05) is 60.7 Å². The molecule has 1 heterocycles. The average Bonchev–Trinajstić information content (AvgIpc) is 2.87. The Kier molecular flexibility index (Phi) is 7.35. The molecule has 1 aliphatic rings. The maximum atomic E-state index is 13.3. The molecule has 0 saturated carbocycles. The van der Waals surface area contributed by atoms with E-state index in [2.05, 4.69) is 10.6 Å². The smallest absolute Gasteiger partial charge is 0.338 e. The molecule has 0 saturated heterocycles. The summed E-state index contributed by atoms with van der Waals surface area (Å²) in [7, 11) is 1.57. The average molecular weight is 473 g/mol. The first-order chi connectivity index (χ1) is 17.0. The predicted molar refractivity (Wildman–Crippen MR) is 133 cm³/mol. The molecule has 7 nitrogen and oxygen atoms in total. The zero-order valence-electron chi connectivity index (χ0n) is 19.9. The predicted octanol–water partition coefficient (Wildman–Crippen LogP) is 4.99. The second kappa shape index (κ2) is 10.8. The summed E-state index contributed by atoms with van der Waals surface area (Å²) in [6.07, 6.45) is -0.328. The van der Waals surface area contributed by atoms with E-state index in [1.165, 1.54) is 0 Å². The van der Waals surface area contributed by atoms with Crippen LogP contribution in [0.2, 0.25) is 0 Å². The molecule has 0 radical (unpaired) electrons. The molecule has 1 unspecified atom stereocenters. The van der Waals surface area contributed by atoms with Crippen LogP contribution >= 0.6 is 0 Å². The second-order valence-corrected chi connectivity index (χ2v) is 8.32. The number of carbonyl (C=O) groups excluding carboxylic acids is 2. The van der Waals surface area contributed by atoms with Crippen molar-refractivity contribution in [3.05, 3.63) is 101 Å². The van der Waals surface area contributed by atoms with Gasteiger partial charge in [-0.25, -0.2) is 9.59 Å². The van der Waals surface area contributed by atoms with Gasteiger partial charge in [0.15, 0.2) is 11.5 Å². The number of amides is 2. The highest BCUT2D eigenvalue weighted by Gasteiger charge is 2.35. The van der Waals surface area contributed by atoms with Crippen LogP contribution in [0.5, 0.6) is 11.5 Å². The Bertz CT molecular complexity index is 1220. The molecule has 1 atom stereocenters. The van der Waals surface area contributed by atoms with Gasteiger partial charge in [-0.15, -0.1) is 0 Å². The Balaban J connectivity index is 1.76. The highest BCUT2D eigenvalue weighted by molar-refractivity contribution is 6.04. The van der Waals surface area contributed by atoms with Crippen LogP contribution in [0.4, 0.5) is 4.79 Å². The normalized spacial score (nSPS) is 15.3. The third-order valence-corrected chi connectivity index (χ3v) is 5.46. The first-order valence-corrected chi connectivity index (χ1v) is 11.4. The van der Waals surface area contributed by atoms with Crippen molar-refractivity contribution >= 4 is 17.7 Å². The van der Waals surface area contributed by atoms with E-state index in [1.54, 1.807) is 39.2 Å². The molecular formula is C28H28N2O5. The number of carbonyl (C=O) groups is 2. The molecule has 0 bridgehead atoms. The van der Waals surface area contributed by atoms with Crippen LogP contribution in [0.25, 0.3) is 5.70 Å². The van der Waals surface area contributed by atoms with Crippen LogP contribution in [0.3, 0.4) is 0 Å². The molecule has 0 fully saturated rings. The van der Waals surface area contributed by atoms with Gasteiger partial charge in [0.1, 0.15) is 6.61 Å². The number of hydrogen-bond acceptors (Lipinski definition) is 5. The number of methoxy groups -OCH3 is 1. The number of hydrogen-bond donors (Lipinski definition) is 2. The number of ether oxygens (including phenoxy) is 3. The summed E-state index contributed by atoms with van der Waals surface area (Å²) in [4.78, 5) is 25.9. The van der Waals surface area contributed by atoms with Gasteiger partial charge in [0.05, 0.1) is 30.5 Å². The summed E-state index contributed by atoms with van der Waals surface area (Å²) in [5.74, 6) is 0.530. The van der Waals surface area contributed by atoms with Crippen molar-refractivity contribution in [3.8, 4) is 11.5 Å². The zero-order valence-corrected chi connectivity index (χ0v) is 19.9. The number of esters is 1. The van der Waals surface area contributed by atoms with Crippen LogP contribution in [-0.4, -0.2) is 25.2 Å². The lowest BCUT2D eigenvalue weighted by molar-refractivity contribution is -0.143. The Morgan fingerprint density at radius 1 is 0.943 bits per heavy atom. The van der Waals surface area contributed by atoms with E-state index in [4.69, 9.17) is 14.2 Å². The lowest BCUT2D eigenvalue weighted by Gasteiger charge is -2.30. The van der Waals surface area contributed by atoms with Gasteiger partial charge in [-0.3, -0.25) is 0 Å².